The lowest BCUT2D eigenvalue weighted by molar-refractivity contribution is -0.163. The van der Waals surface area contributed by atoms with Gasteiger partial charge in [0.1, 0.15) is 6.10 Å². The molecule has 0 saturated carbocycles. The Morgan fingerprint density at radius 2 is 1.53 bits per heavy atom. The first-order valence-electron chi connectivity index (χ1n) is 13.9. The Kier molecular flexibility index (Phi) is 10.2. The highest BCUT2D eigenvalue weighted by atomic mass is 16.6. The smallest absolute Gasteiger partial charge is 0.335 e. The van der Waals surface area contributed by atoms with Gasteiger partial charge in [-0.1, -0.05) is 30.3 Å². The standard InChI is InChI=1S/C28H44N4O4/c1-3-35-23(2)28(34)36-26-11-13-30(14-12-26)27(33)22-29-17-19-32(20-18-29)31-15-9-25(10-16-31)21-24-7-5-4-6-8-24/h4-8,23,25-26H,3,9-22H2,1-2H3. The average Bonchev–Trinajstić information content (AvgIpc) is 2.91. The third kappa shape index (κ3) is 7.75. The van der Waals surface area contributed by atoms with Gasteiger partial charge < -0.3 is 14.4 Å². The number of carbonyl (C=O) groups excluding carboxylic acids is 2. The molecule has 1 atom stereocenters. The van der Waals surface area contributed by atoms with Crippen molar-refractivity contribution in [2.24, 2.45) is 5.92 Å². The highest BCUT2D eigenvalue weighted by molar-refractivity contribution is 5.78. The van der Waals surface area contributed by atoms with Gasteiger partial charge in [0.25, 0.3) is 0 Å². The monoisotopic (exact) mass is 500 g/mol. The zero-order valence-corrected chi connectivity index (χ0v) is 22.1. The molecule has 0 aliphatic carbocycles. The minimum absolute atomic E-state index is 0.121. The average molecular weight is 501 g/mol. The summed E-state index contributed by atoms with van der Waals surface area (Å²) in [6, 6.07) is 10.9. The summed E-state index contributed by atoms with van der Waals surface area (Å²) >= 11 is 0. The van der Waals surface area contributed by atoms with Gasteiger partial charge in [0.05, 0.1) is 6.54 Å². The molecule has 0 bridgehead atoms. The van der Waals surface area contributed by atoms with Crippen molar-refractivity contribution in [2.75, 3.05) is 65.5 Å². The van der Waals surface area contributed by atoms with Crippen LogP contribution in [0.15, 0.2) is 30.3 Å². The van der Waals surface area contributed by atoms with Crippen LogP contribution in [0.25, 0.3) is 0 Å². The molecule has 200 valence electrons. The van der Waals surface area contributed by atoms with Crippen molar-refractivity contribution < 1.29 is 19.1 Å². The number of hydrogen-bond acceptors (Lipinski definition) is 7. The Morgan fingerprint density at radius 3 is 2.17 bits per heavy atom. The van der Waals surface area contributed by atoms with Gasteiger partial charge in [0.2, 0.25) is 5.91 Å². The first-order valence-corrected chi connectivity index (χ1v) is 13.9. The van der Waals surface area contributed by atoms with E-state index in [2.05, 4.69) is 45.2 Å². The van der Waals surface area contributed by atoms with E-state index in [-0.39, 0.29) is 18.0 Å². The number of nitrogens with zero attached hydrogens (tertiary/aromatic N) is 4. The summed E-state index contributed by atoms with van der Waals surface area (Å²) in [5, 5.41) is 5.04. The van der Waals surface area contributed by atoms with Crippen LogP contribution < -0.4 is 0 Å². The Labute approximate surface area is 216 Å². The van der Waals surface area contributed by atoms with E-state index in [1.54, 1.807) is 6.92 Å². The Hall–Kier alpha value is -2.00. The summed E-state index contributed by atoms with van der Waals surface area (Å²) in [5.41, 5.74) is 1.45. The highest BCUT2D eigenvalue weighted by Crippen LogP contribution is 2.23. The molecule has 1 aromatic rings. The maximum atomic E-state index is 12.9. The molecule has 0 radical (unpaired) electrons. The molecule has 3 aliphatic heterocycles. The van der Waals surface area contributed by atoms with Crippen LogP contribution in [0.5, 0.6) is 0 Å². The normalized spacial score (nSPS) is 22.4. The van der Waals surface area contributed by atoms with Crippen molar-refractivity contribution in [3.63, 3.8) is 0 Å². The molecule has 0 spiro atoms. The van der Waals surface area contributed by atoms with Crippen molar-refractivity contribution >= 4 is 11.9 Å². The van der Waals surface area contributed by atoms with Crippen LogP contribution in [0.3, 0.4) is 0 Å². The second kappa shape index (κ2) is 13.5. The van der Waals surface area contributed by atoms with E-state index in [4.69, 9.17) is 9.47 Å². The summed E-state index contributed by atoms with van der Waals surface area (Å²) in [4.78, 5) is 29.2. The molecular formula is C28H44N4O4. The third-order valence-corrected chi connectivity index (χ3v) is 7.89. The van der Waals surface area contributed by atoms with Crippen molar-refractivity contribution in [3.8, 4) is 0 Å². The quantitative estimate of drug-likeness (QED) is 0.483. The lowest BCUT2D eigenvalue weighted by Crippen LogP contribution is -2.57. The van der Waals surface area contributed by atoms with Crippen molar-refractivity contribution in [1.82, 2.24) is 19.8 Å². The summed E-state index contributed by atoms with van der Waals surface area (Å²) in [6.07, 6.45) is 4.44. The molecule has 4 rings (SSSR count). The molecule has 8 heteroatoms. The van der Waals surface area contributed by atoms with Crippen LogP contribution >= 0.6 is 0 Å². The number of hydrazine groups is 1. The van der Waals surface area contributed by atoms with Crippen molar-refractivity contribution in [2.45, 2.75) is 58.2 Å². The van der Waals surface area contributed by atoms with Crippen molar-refractivity contribution in [1.29, 1.82) is 0 Å². The van der Waals surface area contributed by atoms with Gasteiger partial charge in [-0.25, -0.2) is 14.8 Å². The van der Waals surface area contributed by atoms with Gasteiger partial charge in [-0.05, 0) is 44.6 Å². The molecule has 8 nitrogen and oxygen atoms in total. The van der Waals surface area contributed by atoms with Gasteiger partial charge in [-0.2, -0.15) is 0 Å². The number of benzene rings is 1. The first kappa shape index (κ1) is 27.0. The molecular weight excluding hydrogens is 456 g/mol. The predicted octanol–water partition coefficient (Wildman–Crippen LogP) is 2.43. The molecule has 36 heavy (non-hydrogen) atoms. The zero-order chi connectivity index (χ0) is 25.3. The molecule has 1 unspecified atom stereocenters. The fraction of sp³-hybridized carbons (Fsp3) is 0.714. The van der Waals surface area contributed by atoms with E-state index in [1.807, 2.05) is 11.8 Å². The van der Waals surface area contributed by atoms with Crippen LogP contribution in [0, 0.1) is 5.92 Å². The number of hydrogen-bond donors (Lipinski definition) is 0. The lowest BCUT2D eigenvalue weighted by atomic mass is 9.91. The second-order valence-electron chi connectivity index (χ2n) is 10.4. The van der Waals surface area contributed by atoms with E-state index in [1.165, 1.54) is 24.8 Å². The molecule has 3 saturated heterocycles. The van der Waals surface area contributed by atoms with Crippen LogP contribution in [0.1, 0.15) is 45.1 Å². The third-order valence-electron chi connectivity index (χ3n) is 7.89. The van der Waals surface area contributed by atoms with Crippen LogP contribution in [-0.2, 0) is 25.5 Å². The minimum Gasteiger partial charge on any atom is -0.460 e. The maximum Gasteiger partial charge on any atom is 0.335 e. The van der Waals surface area contributed by atoms with Gasteiger partial charge in [0, 0.05) is 71.8 Å². The van der Waals surface area contributed by atoms with E-state index < -0.39 is 6.10 Å². The Morgan fingerprint density at radius 1 is 0.889 bits per heavy atom. The number of likely N-dealkylation sites (tertiary alicyclic amines) is 1. The number of rotatable bonds is 9. The summed E-state index contributed by atoms with van der Waals surface area (Å²) in [5.74, 6) is 0.667. The molecule has 3 heterocycles. The van der Waals surface area contributed by atoms with Gasteiger partial charge in [-0.15, -0.1) is 0 Å². The fourth-order valence-electron chi connectivity index (χ4n) is 5.62. The summed E-state index contributed by atoms with van der Waals surface area (Å²) < 4.78 is 10.9. The van der Waals surface area contributed by atoms with Gasteiger partial charge in [0.15, 0.2) is 6.10 Å². The topological polar surface area (TPSA) is 65.6 Å². The van der Waals surface area contributed by atoms with Crippen molar-refractivity contribution in [3.05, 3.63) is 35.9 Å². The van der Waals surface area contributed by atoms with Gasteiger partial charge in [-0.3, -0.25) is 9.69 Å². The Bertz CT molecular complexity index is 814. The largest absolute Gasteiger partial charge is 0.460 e. The lowest BCUT2D eigenvalue weighted by Gasteiger charge is -2.44. The molecule has 3 fully saturated rings. The fourth-order valence-corrected chi connectivity index (χ4v) is 5.62. The van der Waals surface area contributed by atoms with Crippen LogP contribution in [0.2, 0.25) is 0 Å². The highest BCUT2D eigenvalue weighted by Gasteiger charge is 2.30. The second-order valence-corrected chi connectivity index (χ2v) is 10.4. The molecule has 0 N–H and O–H groups in total. The van der Waals surface area contributed by atoms with Crippen LogP contribution in [0.4, 0.5) is 0 Å². The molecule has 1 amide bonds. The number of amides is 1. The van der Waals surface area contributed by atoms with E-state index in [0.717, 1.165) is 45.2 Å². The predicted molar refractivity (Wildman–Crippen MR) is 139 cm³/mol. The summed E-state index contributed by atoms with van der Waals surface area (Å²) in [7, 11) is 0. The molecule has 3 aliphatic rings. The summed E-state index contributed by atoms with van der Waals surface area (Å²) in [6.45, 7) is 12.0. The van der Waals surface area contributed by atoms with Crippen LogP contribution in [-0.4, -0.2) is 109 Å². The number of esters is 1. The zero-order valence-electron chi connectivity index (χ0n) is 22.1. The SMILES string of the molecule is CCOC(C)C(=O)OC1CCN(C(=O)CN2CCN(N3CCC(Cc4ccccc4)CC3)CC2)CC1. The number of piperazine rings is 1. The Balaban J connectivity index is 1.11. The van der Waals surface area contributed by atoms with E-state index in [0.29, 0.717) is 39.1 Å². The number of ether oxygens (including phenoxy) is 2. The maximum absolute atomic E-state index is 12.9. The van der Waals surface area contributed by atoms with E-state index >= 15 is 0 Å². The molecule has 1 aromatic carbocycles. The van der Waals surface area contributed by atoms with Gasteiger partial charge >= 0.3 is 5.97 Å². The minimum atomic E-state index is -0.533. The number of carbonyl (C=O) groups is 2. The first-order chi connectivity index (χ1) is 17.5. The number of piperidine rings is 2. The molecule has 0 aromatic heterocycles. The van der Waals surface area contributed by atoms with E-state index in [9.17, 15) is 9.59 Å².